The molecule has 0 unspecified atom stereocenters. The molecule has 1 aliphatic heterocycles. The van der Waals surface area contributed by atoms with Crippen LogP contribution < -0.4 is 10.1 Å². The number of amides is 2. The summed E-state index contributed by atoms with van der Waals surface area (Å²) < 4.78 is 18.3. The van der Waals surface area contributed by atoms with Gasteiger partial charge in [0.05, 0.1) is 13.7 Å². The smallest absolute Gasteiger partial charge is 0.236 e. The first kappa shape index (κ1) is 24.7. The lowest BCUT2D eigenvalue weighted by molar-refractivity contribution is -0.132. The molecule has 1 fully saturated rings. The van der Waals surface area contributed by atoms with Gasteiger partial charge < -0.3 is 15.0 Å². The van der Waals surface area contributed by atoms with Crippen LogP contribution in [0.3, 0.4) is 0 Å². The minimum absolute atomic E-state index is 0.0198. The summed E-state index contributed by atoms with van der Waals surface area (Å²) in [6.07, 6.45) is 1.45. The quantitative estimate of drug-likeness (QED) is 0.533. The van der Waals surface area contributed by atoms with Gasteiger partial charge in [-0.15, -0.1) is 0 Å². The van der Waals surface area contributed by atoms with Gasteiger partial charge in [-0.3, -0.25) is 14.5 Å². The van der Waals surface area contributed by atoms with Crippen molar-refractivity contribution in [3.8, 4) is 5.75 Å². The third-order valence-corrected chi connectivity index (χ3v) is 6.65. The minimum Gasteiger partial charge on any atom is -0.497 e. The van der Waals surface area contributed by atoms with Crippen LogP contribution in [0.4, 0.5) is 4.39 Å². The number of halogens is 1. The van der Waals surface area contributed by atoms with E-state index < -0.39 is 0 Å². The summed E-state index contributed by atoms with van der Waals surface area (Å²) in [6.45, 7) is 2.72. The fourth-order valence-corrected chi connectivity index (χ4v) is 4.46. The molecule has 1 aliphatic rings. The number of rotatable bonds is 8. The number of piperidine rings is 1. The van der Waals surface area contributed by atoms with Gasteiger partial charge >= 0.3 is 0 Å². The molecule has 0 bridgehead atoms. The molecule has 0 spiro atoms. The van der Waals surface area contributed by atoms with E-state index in [0.29, 0.717) is 32.7 Å². The Kier molecular flexibility index (Phi) is 7.98. The van der Waals surface area contributed by atoms with Crippen molar-refractivity contribution in [3.63, 3.8) is 0 Å². The lowest BCUT2D eigenvalue weighted by Crippen LogP contribution is -2.44. The van der Waals surface area contributed by atoms with Crippen LogP contribution >= 0.6 is 0 Å². The lowest BCUT2D eigenvalue weighted by Gasteiger charge is -2.32. The number of carbonyl (C=O) groups is 2. The molecule has 0 saturated carbocycles. The molecule has 1 saturated heterocycles. The minimum atomic E-state index is -0.286. The van der Waals surface area contributed by atoms with Crippen molar-refractivity contribution in [2.45, 2.75) is 25.9 Å². The number of nitrogens with zero attached hydrogens (tertiary/aromatic N) is 2. The topological polar surface area (TPSA) is 61.9 Å². The summed E-state index contributed by atoms with van der Waals surface area (Å²) in [7, 11) is 3.49. The molecule has 0 atom stereocenters. The van der Waals surface area contributed by atoms with Crippen LogP contribution in [0.5, 0.6) is 5.75 Å². The monoisotopic (exact) mass is 477 g/mol. The number of benzene rings is 3. The Labute approximate surface area is 205 Å². The maximum Gasteiger partial charge on any atom is 0.236 e. The molecule has 6 nitrogen and oxygen atoms in total. The van der Waals surface area contributed by atoms with Crippen molar-refractivity contribution in [2.24, 2.45) is 5.92 Å². The van der Waals surface area contributed by atoms with E-state index in [1.54, 1.807) is 24.1 Å². The first-order valence-electron chi connectivity index (χ1n) is 12.0. The zero-order valence-electron chi connectivity index (χ0n) is 20.3. The number of hydrogen-bond acceptors (Lipinski definition) is 4. The van der Waals surface area contributed by atoms with Crippen molar-refractivity contribution < 1.29 is 18.7 Å². The molecular formula is C28H32FN3O3. The van der Waals surface area contributed by atoms with Crippen LogP contribution in [0.1, 0.15) is 24.0 Å². The van der Waals surface area contributed by atoms with Gasteiger partial charge in [0.15, 0.2) is 0 Å². The molecule has 184 valence electrons. The number of hydrogen-bond donors (Lipinski definition) is 1. The third-order valence-electron chi connectivity index (χ3n) is 6.65. The largest absolute Gasteiger partial charge is 0.497 e. The number of likely N-dealkylation sites (N-methyl/N-ethyl adjacent to an activating group) is 1. The van der Waals surface area contributed by atoms with Crippen LogP contribution in [0.2, 0.25) is 0 Å². The number of ether oxygens (including phenoxy) is 1. The molecule has 4 rings (SSSR count). The number of fused-ring (bicyclic) bond motifs is 1. The molecule has 7 heteroatoms. The SMILES string of the molecule is COc1ccc2cc(CN(C)C(=O)CN3CCC(C(=O)NCc4ccc(F)cc4)CC3)ccc2c1. The Morgan fingerprint density at radius 2 is 1.66 bits per heavy atom. The predicted octanol–water partition coefficient (Wildman–Crippen LogP) is 3.97. The van der Waals surface area contributed by atoms with Gasteiger partial charge in [0.25, 0.3) is 0 Å². The molecule has 0 radical (unpaired) electrons. The number of carbonyl (C=O) groups excluding carboxylic acids is 2. The van der Waals surface area contributed by atoms with Crippen molar-refractivity contribution in [1.82, 2.24) is 15.1 Å². The fraction of sp³-hybridized carbons (Fsp3) is 0.357. The standard InChI is InChI=1S/C28H32FN3O3/c1-31(18-21-3-6-24-16-26(35-2)10-7-23(24)15-21)27(33)19-32-13-11-22(12-14-32)28(34)30-17-20-4-8-25(29)9-5-20/h3-10,15-16,22H,11-14,17-19H2,1-2H3,(H,30,34). The van der Waals surface area contributed by atoms with Gasteiger partial charge in [-0.25, -0.2) is 4.39 Å². The van der Waals surface area contributed by atoms with Crippen molar-refractivity contribution >= 4 is 22.6 Å². The summed E-state index contributed by atoms with van der Waals surface area (Å²) in [5.41, 5.74) is 1.95. The number of methoxy groups -OCH3 is 1. The highest BCUT2D eigenvalue weighted by Crippen LogP contribution is 2.23. The van der Waals surface area contributed by atoms with Gasteiger partial charge in [0, 0.05) is 26.1 Å². The van der Waals surface area contributed by atoms with Gasteiger partial charge in [-0.2, -0.15) is 0 Å². The average molecular weight is 478 g/mol. The molecule has 0 aromatic heterocycles. The maximum absolute atomic E-state index is 13.0. The molecular weight excluding hydrogens is 445 g/mol. The van der Waals surface area contributed by atoms with Crippen LogP contribution in [-0.2, 0) is 22.7 Å². The summed E-state index contributed by atoms with van der Waals surface area (Å²) in [5.74, 6) is 0.568. The zero-order chi connectivity index (χ0) is 24.8. The molecule has 35 heavy (non-hydrogen) atoms. The van der Waals surface area contributed by atoms with Gasteiger partial charge in [-0.1, -0.05) is 30.3 Å². The van der Waals surface area contributed by atoms with E-state index in [1.807, 2.05) is 31.3 Å². The van der Waals surface area contributed by atoms with E-state index in [0.717, 1.165) is 40.5 Å². The average Bonchev–Trinajstić information content (AvgIpc) is 2.88. The molecule has 1 N–H and O–H groups in total. The van der Waals surface area contributed by atoms with Gasteiger partial charge in [0.2, 0.25) is 11.8 Å². The Morgan fingerprint density at radius 3 is 2.37 bits per heavy atom. The van der Waals surface area contributed by atoms with Crippen LogP contribution in [0.25, 0.3) is 10.8 Å². The van der Waals surface area contributed by atoms with Crippen LogP contribution in [0.15, 0.2) is 60.7 Å². The molecule has 2 amide bonds. The van der Waals surface area contributed by atoms with Gasteiger partial charge in [-0.05, 0) is 78.2 Å². The maximum atomic E-state index is 13.0. The van der Waals surface area contributed by atoms with Crippen molar-refractivity contribution in [1.29, 1.82) is 0 Å². The third kappa shape index (κ3) is 6.57. The Bertz CT molecular complexity index is 1170. The number of nitrogens with one attached hydrogen (secondary N) is 1. The highest BCUT2D eigenvalue weighted by atomic mass is 19.1. The van der Waals surface area contributed by atoms with E-state index >= 15 is 0 Å². The molecule has 1 heterocycles. The Morgan fingerprint density at radius 1 is 1.00 bits per heavy atom. The van der Waals surface area contributed by atoms with Crippen molar-refractivity contribution in [3.05, 3.63) is 77.6 Å². The predicted molar refractivity (Wildman–Crippen MR) is 134 cm³/mol. The summed E-state index contributed by atoms with van der Waals surface area (Å²) in [5, 5.41) is 5.16. The lowest BCUT2D eigenvalue weighted by atomic mass is 9.95. The Balaban J connectivity index is 1.22. The molecule has 3 aromatic carbocycles. The first-order chi connectivity index (χ1) is 16.9. The van der Waals surface area contributed by atoms with E-state index in [9.17, 15) is 14.0 Å². The van der Waals surface area contributed by atoms with Crippen LogP contribution in [-0.4, -0.2) is 55.4 Å². The Hall–Kier alpha value is -3.45. The molecule has 3 aromatic rings. The number of likely N-dealkylation sites (tertiary alicyclic amines) is 1. The zero-order valence-corrected chi connectivity index (χ0v) is 20.3. The summed E-state index contributed by atoms with van der Waals surface area (Å²) in [4.78, 5) is 29.2. The normalized spacial score (nSPS) is 14.6. The second kappa shape index (κ2) is 11.3. The van der Waals surface area contributed by atoms with E-state index in [2.05, 4.69) is 22.3 Å². The van der Waals surface area contributed by atoms with E-state index in [4.69, 9.17) is 4.74 Å². The fourth-order valence-electron chi connectivity index (χ4n) is 4.46. The van der Waals surface area contributed by atoms with Crippen molar-refractivity contribution in [2.75, 3.05) is 33.8 Å². The van der Waals surface area contributed by atoms with E-state index in [1.165, 1.54) is 12.1 Å². The van der Waals surface area contributed by atoms with E-state index in [-0.39, 0.29) is 23.5 Å². The molecule has 0 aliphatic carbocycles. The second-order valence-electron chi connectivity index (χ2n) is 9.19. The summed E-state index contributed by atoms with van der Waals surface area (Å²) in [6, 6.07) is 18.3. The second-order valence-corrected chi connectivity index (χ2v) is 9.19. The van der Waals surface area contributed by atoms with Crippen LogP contribution in [0, 0.1) is 11.7 Å². The highest BCUT2D eigenvalue weighted by Gasteiger charge is 2.26. The first-order valence-corrected chi connectivity index (χ1v) is 12.0. The highest BCUT2D eigenvalue weighted by molar-refractivity contribution is 5.85. The summed E-state index contributed by atoms with van der Waals surface area (Å²) >= 11 is 0. The van der Waals surface area contributed by atoms with Gasteiger partial charge in [0.1, 0.15) is 11.6 Å².